The van der Waals surface area contributed by atoms with E-state index in [1.165, 1.54) is 0 Å². The molecule has 13 heavy (non-hydrogen) atoms. The highest BCUT2D eigenvalue weighted by molar-refractivity contribution is 5.33. The van der Waals surface area contributed by atoms with Crippen molar-refractivity contribution in [2.24, 2.45) is 5.41 Å². The molecule has 0 aromatic carbocycles. The fraction of sp³-hybridized carbons (Fsp3) is 0.455. The van der Waals surface area contributed by atoms with Crippen LogP contribution in [0.1, 0.15) is 20.8 Å². The van der Waals surface area contributed by atoms with Crippen molar-refractivity contribution in [1.29, 1.82) is 0 Å². The second-order valence-corrected chi connectivity index (χ2v) is 4.48. The average molecular weight is 178 g/mol. The molecule has 0 atom stereocenters. The van der Waals surface area contributed by atoms with Crippen LogP contribution in [0.3, 0.4) is 0 Å². The highest BCUT2D eigenvalue weighted by Crippen LogP contribution is 2.13. The average Bonchev–Trinajstić information content (AvgIpc) is 2.01. The smallest absolute Gasteiger partial charge is 0.0573 e. The first kappa shape index (κ1) is 9.90. The topological polar surface area (TPSA) is 24.1 Å². The van der Waals surface area contributed by atoms with Crippen molar-refractivity contribution in [2.75, 3.05) is 6.54 Å². The van der Waals surface area contributed by atoms with E-state index in [1.54, 1.807) is 0 Å². The fourth-order valence-corrected chi connectivity index (χ4v) is 0.997. The number of dihydropyridines is 1. The molecule has 0 unspecified atom stereocenters. The summed E-state index contributed by atoms with van der Waals surface area (Å²) in [6.07, 6.45) is 5.88. The molecule has 0 spiro atoms. The summed E-state index contributed by atoms with van der Waals surface area (Å²) in [6, 6.07) is 0. The van der Waals surface area contributed by atoms with Crippen molar-refractivity contribution in [3.63, 3.8) is 0 Å². The fourth-order valence-electron chi connectivity index (χ4n) is 0.997. The second-order valence-electron chi connectivity index (χ2n) is 4.48. The maximum Gasteiger partial charge on any atom is 0.0573 e. The van der Waals surface area contributed by atoms with Crippen LogP contribution in [0.25, 0.3) is 0 Å². The predicted octanol–water partition coefficient (Wildman–Crippen LogP) is 2.14. The van der Waals surface area contributed by atoms with Gasteiger partial charge in [-0.1, -0.05) is 27.4 Å². The lowest BCUT2D eigenvalue weighted by Crippen LogP contribution is -2.29. The molecule has 0 aliphatic carbocycles. The van der Waals surface area contributed by atoms with Gasteiger partial charge in [-0.3, -0.25) is 0 Å². The summed E-state index contributed by atoms with van der Waals surface area (Å²) in [7, 11) is 0. The van der Waals surface area contributed by atoms with Crippen LogP contribution in [0.2, 0.25) is 0 Å². The lowest BCUT2D eigenvalue weighted by molar-refractivity contribution is 0.397. The molecule has 1 aliphatic heterocycles. The van der Waals surface area contributed by atoms with E-state index in [1.807, 2.05) is 18.4 Å². The van der Waals surface area contributed by atoms with E-state index in [9.17, 15) is 0 Å². The van der Waals surface area contributed by atoms with E-state index >= 15 is 0 Å². The number of nitrogens with one attached hydrogen (secondary N) is 2. The summed E-state index contributed by atoms with van der Waals surface area (Å²) >= 11 is 0. The molecule has 0 saturated carbocycles. The van der Waals surface area contributed by atoms with Crippen LogP contribution in [0.4, 0.5) is 0 Å². The Morgan fingerprint density at radius 3 is 2.69 bits per heavy atom. The van der Waals surface area contributed by atoms with Crippen LogP contribution in [-0.4, -0.2) is 6.54 Å². The minimum Gasteiger partial charge on any atom is -0.383 e. The summed E-state index contributed by atoms with van der Waals surface area (Å²) in [5.74, 6) is 0. The van der Waals surface area contributed by atoms with Crippen LogP contribution in [0.5, 0.6) is 0 Å². The molecule has 0 bridgehead atoms. The van der Waals surface area contributed by atoms with Gasteiger partial charge in [-0.05, 0) is 17.6 Å². The second kappa shape index (κ2) is 3.69. The highest BCUT2D eigenvalue weighted by atomic mass is 15.0. The van der Waals surface area contributed by atoms with Gasteiger partial charge < -0.3 is 10.6 Å². The van der Waals surface area contributed by atoms with Gasteiger partial charge in [0, 0.05) is 12.7 Å². The lowest BCUT2D eigenvalue weighted by atomic mass is 9.97. The Morgan fingerprint density at radius 1 is 1.46 bits per heavy atom. The van der Waals surface area contributed by atoms with Gasteiger partial charge in [0.05, 0.1) is 11.4 Å². The van der Waals surface area contributed by atoms with Crippen LogP contribution in [0.15, 0.2) is 36.3 Å². The van der Waals surface area contributed by atoms with E-state index in [2.05, 4.69) is 38.0 Å². The Bertz CT molecular complexity index is 254. The first-order valence-electron chi connectivity index (χ1n) is 4.55. The molecule has 0 aromatic heterocycles. The van der Waals surface area contributed by atoms with E-state index in [0.717, 1.165) is 17.9 Å². The standard InChI is InChI=1S/C11H18N2/c1-9-10(6-5-7-12-9)13-8-11(2,3)4/h5-7,12-13H,1,8H2,2-4H3. The third-order valence-corrected chi connectivity index (χ3v) is 1.75. The number of hydrogen-bond donors (Lipinski definition) is 2. The Kier molecular flexibility index (Phi) is 2.81. The summed E-state index contributed by atoms with van der Waals surface area (Å²) in [5, 5.41) is 6.42. The summed E-state index contributed by atoms with van der Waals surface area (Å²) in [5.41, 5.74) is 2.31. The highest BCUT2D eigenvalue weighted by Gasteiger charge is 2.11. The molecule has 0 radical (unpaired) electrons. The lowest BCUT2D eigenvalue weighted by Gasteiger charge is -2.23. The summed E-state index contributed by atoms with van der Waals surface area (Å²) < 4.78 is 0. The van der Waals surface area contributed by atoms with E-state index in [4.69, 9.17) is 0 Å². The molecule has 1 rings (SSSR count). The first-order chi connectivity index (χ1) is 5.99. The minimum atomic E-state index is 0.294. The molecule has 0 saturated heterocycles. The van der Waals surface area contributed by atoms with E-state index < -0.39 is 0 Å². The SMILES string of the molecule is C=C1NC=CC=C1NCC(C)(C)C. The molecule has 0 fully saturated rings. The molecular weight excluding hydrogens is 160 g/mol. The van der Waals surface area contributed by atoms with Crippen molar-refractivity contribution in [3.8, 4) is 0 Å². The Labute approximate surface area is 80.4 Å². The summed E-state index contributed by atoms with van der Waals surface area (Å²) in [6.45, 7) is 11.5. The van der Waals surface area contributed by atoms with Gasteiger partial charge in [0.1, 0.15) is 0 Å². The first-order valence-corrected chi connectivity index (χ1v) is 4.55. The molecule has 2 N–H and O–H groups in total. The maximum atomic E-state index is 3.90. The zero-order chi connectivity index (χ0) is 9.90. The molecule has 1 aliphatic rings. The number of rotatable bonds is 2. The predicted molar refractivity (Wildman–Crippen MR) is 57.0 cm³/mol. The van der Waals surface area contributed by atoms with Crippen molar-refractivity contribution in [3.05, 3.63) is 36.3 Å². The molecule has 0 aromatic rings. The normalized spacial score (nSPS) is 16.5. The minimum absolute atomic E-state index is 0.294. The Morgan fingerprint density at radius 2 is 2.15 bits per heavy atom. The van der Waals surface area contributed by atoms with Gasteiger partial charge in [0.15, 0.2) is 0 Å². The quantitative estimate of drug-likeness (QED) is 0.677. The van der Waals surface area contributed by atoms with Crippen molar-refractivity contribution >= 4 is 0 Å². The van der Waals surface area contributed by atoms with Crippen LogP contribution in [0, 0.1) is 5.41 Å². The van der Waals surface area contributed by atoms with Crippen molar-refractivity contribution in [2.45, 2.75) is 20.8 Å². The zero-order valence-corrected chi connectivity index (χ0v) is 8.65. The van der Waals surface area contributed by atoms with Gasteiger partial charge in [-0.15, -0.1) is 0 Å². The molecular formula is C11H18N2. The molecule has 2 nitrogen and oxygen atoms in total. The van der Waals surface area contributed by atoms with E-state index in [0.29, 0.717) is 5.41 Å². The zero-order valence-electron chi connectivity index (χ0n) is 8.65. The summed E-state index contributed by atoms with van der Waals surface area (Å²) in [4.78, 5) is 0. The van der Waals surface area contributed by atoms with Crippen LogP contribution < -0.4 is 10.6 Å². The molecule has 0 amide bonds. The Hall–Kier alpha value is -1.18. The molecule has 72 valence electrons. The third-order valence-electron chi connectivity index (χ3n) is 1.75. The van der Waals surface area contributed by atoms with Crippen LogP contribution >= 0.6 is 0 Å². The molecule has 2 heteroatoms. The Balaban J connectivity index is 2.49. The number of allylic oxidation sites excluding steroid dienone is 2. The van der Waals surface area contributed by atoms with Gasteiger partial charge in [0.2, 0.25) is 0 Å². The maximum absolute atomic E-state index is 3.90. The van der Waals surface area contributed by atoms with Crippen molar-refractivity contribution in [1.82, 2.24) is 10.6 Å². The van der Waals surface area contributed by atoms with E-state index in [-0.39, 0.29) is 0 Å². The van der Waals surface area contributed by atoms with Crippen LogP contribution in [-0.2, 0) is 0 Å². The number of hydrogen-bond acceptors (Lipinski definition) is 2. The van der Waals surface area contributed by atoms with Crippen molar-refractivity contribution < 1.29 is 0 Å². The van der Waals surface area contributed by atoms with Gasteiger partial charge >= 0.3 is 0 Å². The van der Waals surface area contributed by atoms with Gasteiger partial charge in [-0.2, -0.15) is 0 Å². The van der Waals surface area contributed by atoms with Gasteiger partial charge in [0.25, 0.3) is 0 Å². The monoisotopic (exact) mass is 178 g/mol. The third kappa shape index (κ3) is 3.36. The molecule has 1 heterocycles. The largest absolute Gasteiger partial charge is 0.383 e. The van der Waals surface area contributed by atoms with Gasteiger partial charge in [-0.25, -0.2) is 0 Å².